The van der Waals surface area contributed by atoms with Crippen LogP contribution in [0.3, 0.4) is 0 Å². The van der Waals surface area contributed by atoms with Crippen molar-refractivity contribution < 1.29 is 23.9 Å². The first-order valence-corrected chi connectivity index (χ1v) is 9.76. The number of nitrogen functional groups attached to an aromatic ring is 1. The Morgan fingerprint density at radius 2 is 1.27 bits per heavy atom. The molecule has 30 heavy (non-hydrogen) atoms. The minimum absolute atomic E-state index is 0.209. The van der Waals surface area contributed by atoms with Crippen LogP contribution in [0.15, 0.2) is 36.4 Å². The van der Waals surface area contributed by atoms with Crippen molar-refractivity contribution in [3.8, 4) is 0 Å². The molecule has 0 saturated heterocycles. The van der Waals surface area contributed by atoms with E-state index in [1.54, 1.807) is 53.7 Å². The van der Waals surface area contributed by atoms with Crippen molar-refractivity contribution in [3.05, 3.63) is 42.0 Å². The number of benzene rings is 2. The lowest BCUT2D eigenvalue weighted by molar-refractivity contribution is -0.158. The number of hydrogen-bond acceptors (Lipinski definition) is 6. The molecule has 2 aromatic rings. The second kappa shape index (κ2) is 8.73. The monoisotopic (exact) mass is 414 g/mol. The average molecular weight is 415 g/mol. The van der Waals surface area contributed by atoms with E-state index < -0.39 is 42.1 Å². The van der Waals surface area contributed by atoms with E-state index in [0.29, 0.717) is 0 Å². The van der Waals surface area contributed by atoms with Gasteiger partial charge in [0.2, 0.25) is 0 Å². The molecule has 0 atom stereocenters. The normalized spacial score (nSPS) is 11.8. The van der Waals surface area contributed by atoms with Gasteiger partial charge < -0.3 is 20.1 Å². The summed E-state index contributed by atoms with van der Waals surface area (Å²) in [4.78, 5) is 39.1. The molecule has 0 aliphatic heterocycles. The number of carbonyl (C=O) groups is 3. The molecule has 0 unspecified atom stereocenters. The van der Waals surface area contributed by atoms with Crippen molar-refractivity contribution in [2.24, 2.45) is 0 Å². The van der Waals surface area contributed by atoms with Gasteiger partial charge in [-0.05, 0) is 64.4 Å². The summed E-state index contributed by atoms with van der Waals surface area (Å²) >= 11 is 0. The number of esters is 2. The van der Waals surface area contributed by atoms with Crippen molar-refractivity contribution in [3.63, 3.8) is 0 Å². The lowest BCUT2D eigenvalue weighted by Gasteiger charge is -2.27. The summed E-state index contributed by atoms with van der Waals surface area (Å²) in [6.45, 7) is 9.57. The second-order valence-corrected chi connectivity index (χ2v) is 9.12. The molecule has 7 nitrogen and oxygen atoms in total. The highest BCUT2D eigenvalue weighted by atomic mass is 16.6. The quantitative estimate of drug-likeness (QED) is 0.593. The van der Waals surface area contributed by atoms with E-state index in [4.69, 9.17) is 15.2 Å². The highest BCUT2D eigenvalue weighted by molar-refractivity contribution is 6.05. The topological polar surface area (TPSA) is 98.9 Å². The van der Waals surface area contributed by atoms with Gasteiger partial charge in [0, 0.05) is 5.69 Å². The molecule has 1 amide bonds. The molecule has 0 fully saturated rings. The molecule has 0 aromatic heterocycles. The second-order valence-electron chi connectivity index (χ2n) is 9.12. The molecule has 0 saturated carbocycles. The Bertz CT molecular complexity index is 924. The SMILES string of the molecule is CC(C)(C)OC(=O)CN(CC(=O)OC(C)(C)C)C(=O)c1cc2ccccc2cc1N. The Morgan fingerprint density at radius 3 is 1.70 bits per heavy atom. The predicted octanol–water partition coefficient (Wildman–Crippen LogP) is 3.55. The van der Waals surface area contributed by atoms with E-state index in [-0.39, 0.29) is 11.3 Å². The Labute approximate surface area is 177 Å². The minimum atomic E-state index is -0.723. The van der Waals surface area contributed by atoms with Crippen LogP contribution in [0.2, 0.25) is 0 Å². The zero-order valence-corrected chi connectivity index (χ0v) is 18.4. The van der Waals surface area contributed by atoms with Gasteiger partial charge in [-0.1, -0.05) is 24.3 Å². The number of amides is 1. The molecule has 7 heteroatoms. The third kappa shape index (κ3) is 6.76. The third-order valence-electron chi connectivity index (χ3n) is 3.92. The van der Waals surface area contributed by atoms with Crippen LogP contribution in [0.4, 0.5) is 5.69 Å². The zero-order chi connectivity index (χ0) is 22.7. The van der Waals surface area contributed by atoms with Crippen LogP contribution in [-0.4, -0.2) is 47.0 Å². The van der Waals surface area contributed by atoms with E-state index in [0.717, 1.165) is 15.7 Å². The van der Waals surface area contributed by atoms with Crippen molar-refractivity contribution in [1.82, 2.24) is 4.90 Å². The average Bonchev–Trinajstić information content (AvgIpc) is 2.56. The van der Waals surface area contributed by atoms with Gasteiger partial charge in [0.1, 0.15) is 24.3 Å². The van der Waals surface area contributed by atoms with Crippen molar-refractivity contribution in [2.45, 2.75) is 52.7 Å². The van der Waals surface area contributed by atoms with Gasteiger partial charge in [-0.15, -0.1) is 0 Å². The summed E-state index contributed by atoms with van der Waals surface area (Å²) in [7, 11) is 0. The number of anilines is 1. The molecule has 0 spiro atoms. The van der Waals surface area contributed by atoms with Gasteiger partial charge in [-0.25, -0.2) is 0 Å². The minimum Gasteiger partial charge on any atom is -0.459 e. The van der Waals surface area contributed by atoms with Gasteiger partial charge in [-0.3, -0.25) is 14.4 Å². The standard InChI is InChI=1S/C23H30N2O5/c1-22(2,3)29-19(26)13-25(14-20(27)30-23(4,5)6)21(28)17-11-15-9-7-8-10-16(15)12-18(17)24/h7-12H,13-14,24H2,1-6H3. The summed E-state index contributed by atoms with van der Waals surface area (Å²) in [5.74, 6) is -1.80. The number of fused-ring (bicyclic) bond motifs is 1. The number of nitrogens with two attached hydrogens (primary N) is 1. The fourth-order valence-corrected chi connectivity index (χ4v) is 2.87. The van der Waals surface area contributed by atoms with Crippen LogP contribution in [0, 0.1) is 0 Å². The van der Waals surface area contributed by atoms with Crippen LogP contribution in [0.1, 0.15) is 51.9 Å². The van der Waals surface area contributed by atoms with Crippen molar-refractivity contribution in [1.29, 1.82) is 0 Å². The summed E-state index contributed by atoms with van der Waals surface area (Å²) in [6.07, 6.45) is 0. The fourth-order valence-electron chi connectivity index (χ4n) is 2.87. The molecule has 0 heterocycles. The van der Waals surface area contributed by atoms with Crippen LogP contribution in [0.25, 0.3) is 10.8 Å². The number of rotatable bonds is 5. The smallest absolute Gasteiger partial charge is 0.326 e. The summed E-state index contributed by atoms with van der Waals surface area (Å²) in [6, 6.07) is 10.8. The Balaban J connectivity index is 2.34. The van der Waals surface area contributed by atoms with E-state index in [1.165, 1.54) is 0 Å². The third-order valence-corrected chi connectivity index (χ3v) is 3.92. The van der Waals surface area contributed by atoms with Crippen molar-refractivity contribution >= 4 is 34.3 Å². The fraction of sp³-hybridized carbons (Fsp3) is 0.435. The summed E-state index contributed by atoms with van der Waals surface area (Å²) in [5.41, 5.74) is 5.14. The molecule has 2 N–H and O–H groups in total. The Morgan fingerprint density at radius 1 is 0.833 bits per heavy atom. The molecule has 162 valence electrons. The highest BCUT2D eigenvalue weighted by Crippen LogP contribution is 2.23. The molecule has 0 aliphatic rings. The first kappa shape index (κ1) is 23.2. The van der Waals surface area contributed by atoms with Gasteiger partial charge in [0.15, 0.2) is 0 Å². The maximum absolute atomic E-state index is 13.2. The van der Waals surface area contributed by atoms with E-state index in [9.17, 15) is 14.4 Å². The first-order chi connectivity index (χ1) is 13.7. The molecule has 0 radical (unpaired) electrons. The maximum atomic E-state index is 13.2. The van der Waals surface area contributed by atoms with Crippen molar-refractivity contribution in [2.75, 3.05) is 18.8 Å². The Kier molecular flexibility index (Phi) is 6.75. The molecular weight excluding hydrogens is 384 g/mol. The highest BCUT2D eigenvalue weighted by Gasteiger charge is 2.28. The maximum Gasteiger partial charge on any atom is 0.326 e. The lowest BCUT2D eigenvalue weighted by atomic mass is 10.0. The van der Waals surface area contributed by atoms with Crippen LogP contribution in [0.5, 0.6) is 0 Å². The molecule has 2 rings (SSSR count). The first-order valence-electron chi connectivity index (χ1n) is 9.76. The number of nitrogens with zero attached hydrogens (tertiary/aromatic N) is 1. The predicted molar refractivity (Wildman–Crippen MR) is 116 cm³/mol. The number of hydrogen-bond donors (Lipinski definition) is 1. The van der Waals surface area contributed by atoms with E-state index >= 15 is 0 Å². The van der Waals surface area contributed by atoms with E-state index in [2.05, 4.69) is 0 Å². The largest absolute Gasteiger partial charge is 0.459 e. The molecule has 0 aliphatic carbocycles. The van der Waals surface area contributed by atoms with Gasteiger partial charge >= 0.3 is 11.9 Å². The lowest BCUT2D eigenvalue weighted by Crippen LogP contribution is -2.43. The van der Waals surface area contributed by atoms with Crippen LogP contribution in [-0.2, 0) is 19.1 Å². The van der Waals surface area contributed by atoms with Crippen LogP contribution >= 0.6 is 0 Å². The van der Waals surface area contributed by atoms with Gasteiger partial charge in [-0.2, -0.15) is 0 Å². The van der Waals surface area contributed by atoms with Gasteiger partial charge in [0.25, 0.3) is 5.91 Å². The molecular formula is C23H30N2O5. The summed E-state index contributed by atoms with van der Waals surface area (Å²) < 4.78 is 10.6. The summed E-state index contributed by atoms with van der Waals surface area (Å²) in [5, 5.41) is 1.71. The zero-order valence-electron chi connectivity index (χ0n) is 18.4. The van der Waals surface area contributed by atoms with Crippen LogP contribution < -0.4 is 5.73 Å². The van der Waals surface area contributed by atoms with Gasteiger partial charge in [0.05, 0.1) is 5.56 Å². The van der Waals surface area contributed by atoms with E-state index in [1.807, 2.05) is 24.3 Å². The number of carbonyl (C=O) groups excluding carboxylic acids is 3. The molecule has 0 bridgehead atoms. The Hall–Kier alpha value is -3.09. The number of ether oxygens (including phenoxy) is 2. The molecule has 2 aromatic carbocycles.